The third-order valence-corrected chi connectivity index (χ3v) is 6.16. The molecule has 1 saturated carbocycles. The van der Waals surface area contributed by atoms with Gasteiger partial charge in [-0.2, -0.15) is 4.98 Å². The minimum Gasteiger partial charge on any atom is -0.324 e. The summed E-state index contributed by atoms with van der Waals surface area (Å²) < 4.78 is 0. The van der Waals surface area contributed by atoms with Crippen molar-refractivity contribution in [1.29, 1.82) is 0 Å². The second-order valence-electron chi connectivity index (χ2n) is 8.47. The molecule has 6 nitrogen and oxygen atoms in total. The number of hydrogen-bond acceptors (Lipinski definition) is 5. The van der Waals surface area contributed by atoms with E-state index >= 15 is 0 Å². The lowest BCUT2D eigenvalue weighted by molar-refractivity contribution is -0.122. The summed E-state index contributed by atoms with van der Waals surface area (Å²) in [7, 11) is 0. The van der Waals surface area contributed by atoms with Crippen molar-refractivity contribution in [3.05, 3.63) is 41.6 Å². The molecule has 1 aliphatic carbocycles. The summed E-state index contributed by atoms with van der Waals surface area (Å²) in [6.45, 7) is 8.82. The smallest absolute Gasteiger partial charge is 0.238 e. The number of rotatable bonds is 9. The van der Waals surface area contributed by atoms with Crippen LogP contribution in [0.2, 0.25) is 0 Å². The minimum atomic E-state index is -0.530. The van der Waals surface area contributed by atoms with Gasteiger partial charge >= 0.3 is 0 Å². The predicted molar refractivity (Wildman–Crippen MR) is 116 cm³/mol. The lowest BCUT2D eigenvalue weighted by Crippen LogP contribution is -2.38. The molecule has 29 heavy (non-hydrogen) atoms. The van der Waals surface area contributed by atoms with Crippen molar-refractivity contribution in [2.75, 3.05) is 23.3 Å². The standard InChI is InChI=1S/C23H31N5O/c1-4-12-28-20-19(23(3,5-2)21(28)29)15-25-22(27-20)26-18-10-8-17(9-11-18)14-24-13-16-6-7-16/h8-11,15-16,24H,4-7,12-14H2,1-3H3,(H,25,26,27). The van der Waals surface area contributed by atoms with Gasteiger partial charge in [-0.3, -0.25) is 9.69 Å². The van der Waals surface area contributed by atoms with Crippen LogP contribution in [0.3, 0.4) is 0 Å². The zero-order chi connectivity index (χ0) is 20.4. The highest BCUT2D eigenvalue weighted by molar-refractivity contribution is 6.06. The lowest BCUT2D eigenvalue weighted by Gasteiger charge is -2.21. The first kappa shape index (κ1) is 19.8. The minimum absolute atomic E-state index is 0.131. The average molecular weight is 394 g/mol. The van der Waals surface area contributed by atoms with E-state index in [0.29, 0.717) is 12.5 Å². The van der Waals surface area contributed by atoms with Gasteiger partial charge < -0.3 is 10.6 Å². The van der Waals surface area contributed by atoms with Crippen LogP contribution in [-0.2, 0) is 16.8 Å². The van der Waals surface area contributed by atoms with Crippen LogP contribution < -0.4 is 15.5 Å². The molecule has 1 aromatic heterocycles. The number of carbonyl (C=O) groups excluding carboxylic acids is 1. The Balaban J connectivity index is 1.48. The Morgan fingerprint density at radius 2 is 1.97 bits per heavy atom. The number of amides is 1. The van der Waals surface area contributed by atoms with Gasteiger partial charge in [-0.15, -0.1) is 0 Å². The van der Waals surface area contributed by atoms with E-state index in [0.717, 1.165) is 48.9 Å². The Bertz CT molecular complexity index is 877. The van der Waals surface area contributed by atoms with Crippen LogP contribution in [0.4, 0.5) is 17.5 Å². The third-order valence-electron chi connectivity index (χ3n) is 6.16. The highest BCUT2D eigenvalue weighted by Gasteiger charge is 2.47. The maximum Gasteiger partial charge on any atom is 0.238 e. The largest absolute Gasteiger partial charge is 0.324 e. The fourth-order valence-electron chi connectivity index (χ4n) is 3.89. The molecule has 1 unspecified atom stereocenters. The number of carbonyl (C=O) groups is 1. The van der Waals surface area contributed by atoms with Crippen LogP contribution >= 0.6 is 0 Å². The Morgan fingerprint density at radius 1 is 1.21 bits per heavy atom. The first-order valence-electron chi connectivity index (χ1n) is 10.8. The van der Waals surface area contributed by atoms with Crippen LogP contribution in [0.15, 0.2) is 30.5 Å². The first-order valence-corrected chi connectivity index (χ1v) is 10.8. The fourth-order valence-corrected chi connectivity index (χ4v) is 3.89. The molecule has 2 aromatic rings. The molecule has 2 heterocycles. The molecule has 0 radical (unpaired) electrons. The van der Waals surface area contributed by atoms with Gasteiger partial charge in [0.15, 0.2) is 0 Å². The molecule has 1 atom stereocenters. The van der Waals surface area contributed by atoms with Crippen molar-refractivity contribution in [3.63, 3.8) is 0 Å². The summed E-state index contributed by atoms with van der Waals surface area (Å²) in [5.41, 5.74) is 2.61. The third kappa shape index (κ3) is 3.99. The summed E-state index contributed by atoms with van der Waals surface area (Å²) >= 11 is 0. The molecule has 4 rings (SSSR count). The summed E-state index contributed by atoms with van der Waals surface area (Å²) in [5.74, 6) is 2.30. The van der Waals surface area contributed by atoms with Gasteiger partial charge in [-0.1, -0.05) is 26.0 Å². The van der Waals surface area contributed by atoms with E-state index in [1.807, 2.05) is 24.9 Å². The van der Waals surface area contributed by atoms with E-state index in [2.05, 4.69) is 46.8 Å². The molecular weight excluding hydrogens is 362 g/mol. The Kier molecular flexibility index (Phi) is 5.54. The summed E-state index contributed by atoms with van der Waals surface area (Å²) in [6, 6.07) is 8.35. The molecule has 2 aliphatic rings. The van der Waals surface area contributed by atoms with Gasteiger partial charge in [0.05, 0.1) is 5.41 Å². The molecule has 0 spiro atoms. The SMILES string of the molecule is CCCN1C(=O)C(C)(CC)c2cnc(Nc3ccc(CNCC4CC4)cc3)nc21. The van der Waals surface area contributed by atoms with Crippen molar-refractivity contribution < 1.29 is 4.79 Å². The van der Waals surface area contributed by atoms with E-state index in [9.17, 15) is 4.79 Å². The van der Waals surface area contributed by atoms with E-state index in [4.69, 9.17) is 4.98 Å². The van der Waals surface area contributed by atoms with Crippen LogP contribution in [0, 0.1) is 5.92 Å². The highest BCUT2D eigenvalue weighted by Crippen LogP contribution is 2.42. The highest BCUT2D eigenvalue weighted by atomic mass is 16.2. The van der Waals surface area contributed by atoms with Gasteiger partial charge in [-0.05, 0) is 62.8 Å². The molecule has 2 N–H and O–H groups in total. The summed E-state index contributed by atoms with van der Waals surface area (Å²) in [5, 5.41) is 6.80. The molecule has 0 saturated heterocycles. The average Bonchev–Trinajstić information content (AvgIpc) is 3.53. The number of fused-ring (bicyclic) bond motifs is 1. The molecule has 1 aliphatic heterocycles. The van der Waals surface area contributed by atoms with Crippen LogP contribution in [0.25, 0.3) is 0 Å². The molecule has 6 heteroatoms. The number of anilines is 3. The van der Waals surface area contributed by atoms with Gasteiger partial charge in [0.25, 0.3) is 0 Å². The molecule has 1 amide bonds. The zero-order valence-electron chi connectivity index (χ0n) is 17.7. The normalized spacial score (nSPS) is 20.8. The Hall–Kier alpha value is -2.47. The van der Waals surface area contributed by atoms with E-state index in [-0.39, 0.29) is 5.91 Å². The molecule has 154 valence electrons. The van der Waals surface area contributed by atoms with Crippen LogP contribution in [0.5, 0.6) is 0 Å². The summed E-state index contributed by atoms with van der Waals surface area (Å²) in [6.07, 6.45) is 6.20. The topological polar surface area (TPSA) is 70.2 Å². The second-order valence-corrected chi connectivity index (χ2v) is 8.47. The number of nitrogens with zero attached hydrogens (tertiary/aromatic N) is 3. The van der Waals surface area contributed by atoms with E-state index < -0.39 is 5.41 Å². The number of aromatic nitrogens is 2. The molecule has 1 aromatic carbocycles. The summed E-state index contributed by atoms with van der Waals surface area (Å²) in [4.78, 5) is 24.0. The van der Waals surface area contributed by atoms with Crippen molar-refractivity contribution in [1.82, 2.24) is 15.3 Å². The van der Waals surface area contributed by atoms with Crippen molar-refractivity contribution in [3.8, 4) is 0 Å². The number of benzene rings is 1. The monoisotopic (exact) mass is 393 g/mol. The second kappa shape index (κ2) is 8.11. The number of nitrogens with one attached hydrogen (secondary N) is 2. The van der Waals surface area contributed by atoms with Gasteiger partial charge in [-0.25, -0.2) is 4.98 Å². The van der Waals surface area contributed by atoms with E-state index in [1.165, 1.54) is 18.4 Å². The Labute approximate surface area is 173 Å². The lowest BCUT2D eigenvalue weighted by atomic mass is 9.83. The van der Waals surface area contributed by atoms with Gasteiger partial charge in [0.1, 0.15) is 5.82 Å². The molecule has 1 fully saturated rings. The molecular formula is C23H31N5O. The van der Waals surface area contributed by atoms with Crippen molar-refractivity contribution >= 4 is 23.4 Å². The van der Waals surface area contributed by atoms with E-state index in [1.54, 1.807) is 0 Å². The molecule has 0 bridgehead atoms. The van der Waals surface area contributed by atoms with Crippen molar-refractivity contribution in [2.24, 2.45) is 5.92 Å². The van der Waals surface area contributed by atoms with Gasteiger partial charge in [0.2, 0.25) is 11.9 Å². The maximum absolute atomic E-state index is 13.0. The maximum atomic E-state index is 13.0. The van der Waals surface area contributed by atoms with Crippen molar-refractivity contribution in [2.45, 2.75) is 58.4 Å². The van der Waals surface area contributed by atoms with Gasteiger partial charge in [0, 0.05) is 30.5 Å². The predicted octanol–water partition coefficient (Wildman–Crippen LogP) is 4.14. The fraction of sp³-hybridized carbons (Fsp3) is 0.522. The first-order chi connectivity index (χ1) is 14.0. The quantitative estimate of drug-likeness (QED) is 0.670. The number of hydrogen-bond donors (Lipinski definition) is 2. The Morgan fingerprint density at radius 3 is 2.62 bits per heavy atom. The van der Waals surface area contributed by atoms with Crippen LogP contribution in [-0.4, -0.2) is 29.0 Å². The zero-order valence-corrected chi connectivity index (χ0v) is 17.7. The van der Waals surface area contributed by atoms with Crippen LogP contribution in [0.1, 0.15) is 57.6 Å².